The lowest BCUT2D eigenvalue weighted by atomic mass is 10.4. The molecule has 0 spiro atoms. The smallest absolute Gasteiger partial charge is 0.407 e. The van der Waals surface area contributed by atoms with Gasteiger partial charge in [0.2, 0.25) is 0 Å². The summed E-state index contributed by atoms with van der Waals surface area (Å²) in [5, 5.41) is 20.1. The number of carbonyl (C=O) groups is 1. The van der Waals surface area contributed by atoms with E-state index in [9.17, 15) is 4.79 Å². The van der Waals surface area contributed by atoms with E-state index >= 15 is 0 Å². The molecule has 3 N–H and O–H groups in total. The van der Waals surface area contributed by atoms with Gasteiger partial charge in [0.1, 0.15) is 6.23 Å². The Morgan fingerprint density at radius 2 is 2.40 bits per heavy atom. The van der Waals surface area contributed by atoms with Crippen molar-refractivity contribution in [2.24, 2.45) is 0 Å². The molecule has 5 nitrogen and oxygen atoms in total. The second-order valence-electron chi connectivity index (χ2n) is 2.20. The van der Waals surface area contributed by atoms with Crippen LogP contribution in [-0.4, -0.2) is 47.1 Å². The Balaban J connectivity index is 2.39. The molecule has 0 aromatic heterocycles. The minimum atomic E-state index is -0.972. The fourth-order valence-corrected chi connectivity index (χ4v) is 0.904. The molecule has 0 aromatic carbocycles. The highest BCUT2D eigenvalue weighted by molar-refractivity contribution is 5.65. The van der Waals surface area contributed by atoms with E-state index in [0.717, 1.165) is 0 Å². The van der Waals surface area contributed by atoms with Crippen molar-refractivity contribution in [2.75, 3.05) is 19.6 Å². The van der Waals surface area contributed by atoms with Gasteiger partial charge in [0.05, 0.1) is 6.54 Å². The highest BCUT2D eigenvalue weighted by Crippen LogP contribution is 1.95. The van der Waals surface area contributed by atoms with Crippen molar-refractivity contribution in [2.45, 2.75) is 6.23 Å². The molecule has 0 aromatic rings. The van der Waals surface area contributed by atoms with E-state index in [4.69, 9.17) is 10.2 Å². The van der Waals surface area contributed by atoms with E-state index in [1.165, 1.54) is 4.90 Å². The molecule has 5 heteroatoms. The fraction of sp³-hybridized carbons (Fsp3) is 0.800. The molecule has 1 aliphatic rings. The minimum Gasteiger partial charge on any atom is -0.465 e. The molecule has 1 unspecified atom stereocenters. The SMILES string of the molecule is O=C(O)N1CCNC(O)C1. The first kappa shape index (κ1) is 7.30. The Morgan fingerprint density at radius 1 is 1.70 bits per heavy atom. The third-order valence-corrected chi connectivity index (χ3v) is 1.43. The monoisotopic (exact) mass is 146 g/mol. The van der Waals surface area contributed by atoms with E-state index in [0.29, 0.717) is 13.1 Å². The van der Waals surface area contributed by atoms with Crippen LogP contribution in [0, 0.1) is 0 Å². The van der Waals surface area contributed by atoms with Crippen molar-refractivity contribution in [1.29, 1.82) is 0 Å². The summed E-state index contributed by atoms with van der Waals surface area (Å²) < 4.78 is 0. The lowest BCUT2D eigenvalue weighted by Crippen LogP contribution is -2.52. The van der Waals surface area contributed by atoms with Crippen molar-refractivity contribution in [3.05, 3.63) is 0 Å². The lowest BCUT2D eigenvalue weighted by molar-refractivity contribution is 0.0531. The van der Waals surface area contributed by atoms with Crippen LogP contribution in [0.1, 0.15) is 0 Å². The molecule has 1 saturated heterocycles. The molecular formula is C5H10N2O3. The van der Waals surface area contributed by atoms with Crippen LogP contribution in [0.3, 0.4) is 0 Å². The molecule has 1 rings (SSSR count). The van der Waals surface area contributed by atoms with Crippen LogP contribution in [0.15, 0.2) is 0 Å². The number of amides is 1. The maximum Gasteiger partial charge on any atom is 0.407 e. The first-order valence-corrected chi connectivity index (χ1v) is 3.09. The van der Waals surface area contributed by atoms with Crippen LogP contribution in [0.25, 0.3) is 0 Å². The summed E-state index contributed by atoms with van der Waals surface area (Å²) in [5.74, 6) is 0. The van der Waals surface area contributed by atoms with Crippen LogP contribution in [0.5, 0.6) is 0 Å². The van der Waals surface area contributed by atoms with Crippen LogP contribution in [0.2, 0.25) is 0 Å². The average Bonchev–Trinajstić information content (AvgIpc) is 1.88. The first-order chi connectivity index (χ1) is 4.70. The zero-order valence-corrected chi connectivity index (χ0v) is 5.45. The molecule has 0 radical (unpaired) electrons. The van der Waals surface area contributed by atoms with Gasteiger partial charge in [-0.3, -0.25) is 5.32 Å². The molecule has 1 amide bonds. The van der Waals surface area contributed by atoms with Crippen LogP contribution in [-0.2, 0) is 0 Å². The Morgan fingerprint density at radius 3 is 2.80 bits per heavy atom. The van der Waals surface area contributed by atoms with Gasteiger partial charge in [-0.2, -0.15) is 0 Å². The number of nitrogens with zero attached hydrogens (tertiary/aromatic N) is 1. The molecule has 1 heterocycles. The zero-order chi connectivity index (χ0) is 7.56. The van der Waals surface area contributed by atoms with E-state index in [1.54, 1.807) is 0 Å². The van der Waals surface area contributed by atoms with E-state index in [1.807, 2.05) is 0 Å². The molecule has 1 atom stereocenters. The van der Waals surface area contributed by atoms with Gasteiger partial charge < -0.3 is 15.1 Å². The summed E-state index contributed by atoms with van der Waals surface area (Å²) in [5.41, 5.74) is 0. The Hall–Kier alpha value is -0.810. The van der Waals surface area contributed by atoms with Gasteiger partial charge in [-0.25, -0.2) is 4.79 Å². The maximum absolute atomic E-state index is 10.3. The highest BCUT2D eigenvalue weighted by atomic mass is 16.4. The summed E-state index contributed by atoms with van der Waals surface area (Å²) in [6.45, 7) is 1.13. The van der Waals surface area contributed by atoms with Crippen molar-refractivity contribution in [3.63, 3.8) is 0 Å². The number of hydrogen-bond donors (Lipinski definition) is 3. The maximum atomic E-state index is 10.3. The van der Waals surface area contributed by atoms with Crippen LogP contribution in [0.4, 0.5) is 4.79 Å². The van der Waals surface area contributed by atoms with Crippen molar-refractivity contribution < 1.29 is 15.0 Å². The van der Waals surface area contributed by atoms with E-state index in [-0.39, 0.29) is 6.54 Å². The molecule has 58 valence electrons. The number of aliphatic hydroxyl groups is 1. The second kappa shape index (κ2) is 2.85. The van der Waals surface area contributed by atoms with Crippen molar-refractivity contribution in [1.82, 2.24) is 10.2 Å². The van der Waals surface area contributed by atoms with Crippen molar-refractivity contribution >= 4 is 6.09 Å². The lowest BCUT2D eigenvalue weighted by Gasteiger charge is -2.28. The molecule has 0 saturated carbocycles. The largest absolute Gasteiger partial charge is 0.465 e. The summed E-state index contributed by atoms with van der Waals surface area (Å²) in [4.78, 5) is 11.5. The third kappa shape index (κ3) is 1.58. The second-order valence-corrected chi connectivity index (χ2v) is 2.20. The van der Waals surface area contributed by atoms with Gasteiger partial charge >= 0.3 is 6.09 Å². The molecule has 1 fully saturated rings. The number of piperazine rings is 1. The number of hydrogen-bond acceptors (Lipinski definition) is 3. The van der Waals surface area contributed by atoms with Gasteiger partial charge in [-0.15, -0.1) is 0 Å². The minimum absolute atomic E-state index is 0.162. The van der Waals surface area contributed by atoms with E-state index in [2.05, 4.69) is 5.32 Å². The topological polar surface area (TPSA) is 72.8 Å². The summed E-state index contributed by atoms with van der Waals surface area (Å²) >= 11 is 0. The number of carboxylic acid groups (broad SMARTS) is 1. The molecule has 1 aliphatic heterocycles. The van der Waals surface area contributed by atoms with Crippen molar-refractivity contribution in [3.8, 4) is 0 Å². The third-order valence-electron chi connectivity index (χ3n) is 1.43. The first-order valence-electron chi connectivity index (χ1n) is 3.09. The number of aliphatic hydroxyl groups excluding tert-OH is 1. The van der Waals surface area contributed by atoms with Crippen LogP contribution >= 0.6 is 0 Å². The number of nitrogens with one attached hydrogen (secondary N) is 1. The predicted molar refractivity (Wildman–Crippen MR) is 33.6 cm³/mol. The van der Waals surface area contributed by atoms with Gasteiger partial charge in [-0.1, -0.05) is 0 Å². The van der Waals surface area contributed by atoms with Gasteiger partial charge in [-0.05, 0) is 0 Å². The van der Waals surface area contributed by atoms with E-state index < -0.39 is 12.3 Å². The van der Waals surface area contributed by atoms with Crippen LogP contribution < -0.4 is 5.32 Å². The summed E-state index contributed by atoms with van der Waals surface area (Å²) in [6, 6.07) is 0. The molecule has 0 aliphatic carbocycles. The van der Waals surface area contributed by atoms with Gasteiger partial charge in [0.15, 0.2) is 0 Å². The predicted octanol–water partition coefficient (Wildman–Crippen LogP) is -1.11. The molecular weight excluding hydrogens is 136 g/mol. The Labute approximate surface area is 58.3 Å². The fourth-order valence-electron chi connectivity index (χ4n) is 0.904. The molecule has 10 heavy (non-hydrogen) atoms. The molecule has 0 bridgehead atoms. The summed E-state index contributed by atoms with van der Waals surface area (Å²) in [7, 11) is 0. The Bertz CT molecular complexity index is 139. The zero-order valence-electron chi connectivity index (χ0n) is 5.45. The highest BCUT2D eigenvalue weighted by Gasteiger charge is 2.19. The normalized spacial score (nSPS) is 26.5. The van der Waals surface area contributed by atoms with Gasteiger partial charge in [0, 0.05) is 13.1 Å². The quantitative estimate of drug-likeness (QED) is 0.405. The van der Waals surface area contributed by atoms with Gasteiger partial charge in [0.25, 0.3) is 0 Å². The number of β-amino-alcohol motifs (C(OH)–C–C–N with tert-alkyl or cyclic N) is 1. The standard InChI is InChI=1S/C5H10N2O3/c8-4-3-7(5(9)10)2-1-6-4/h4,6,8H,1-3H2,(H,9,10). The average molecular weight is 146 g/mol. The summed E-state index contributed by atoms with van der Waals surface area (Å²) in [6.07, 6.45) is -1.68. The Kier molecular flexibility index (Phi) is 2.08. The number of rotatable bonds is 0.